The summed E-state index contributed by atoms with van der Waals surface area (Å²) in [5.41, 5.74) is -0.611. The maximum Gasteiger partial charge on any atom is 0.337 e. The number of aromatic carboxylic acids is 1. The number of hydrogen-bond acceptors (Lipinski definition) is 3. The van der Waals surface area contributed by atoms with Gasteiger partial charge in [0, 0.05) is 13.0 Å². The lowest BCUT2D eigenvalue weighted by Crippen LogP contribution is -2.25. The second-order valence-electron chi connectivity index (χ2n) is 3.65. The zero-order chi connectivity index (χ0) is 15.3. The number of carboxylic acid groups (broad SMARTS) is 1. The molecule has 1 aromatic carbocycles. The van der Waals surface area contributed by atoms with Crippen LogP contribution >= 0.6 is 11.6 Å². The van der Waals surface area contributed by atoms with Gasteiger partial charge in [-0.05, 0) is 19.1 Å². The molecule has 20 heavy (non-hydrogen) atoms. The lowest BCUT2D eigenvalue weighted by Gasteiger charge is -2.08. The molecule has 1 aromatic rings. The van der Waals surface area contributed by atoms with Gasteiger partial charge in [-0.3, -0.25) is 0 Å². The maximum absolute atomic E-state index is 13.5. The van der Waals surface area contributed by atoms with Crippen LogP contribution in [-0.2, 0) is 10.0 Å². The zero-order valence-electron chi connectivity index (χ0n) is 10.4. The van der Waals surface area contributed by atoms with Gasteiger partial charge >= 0.3 is 5.97 Å². The minimum atomic E-state index is -4.02. The molecule has 0 bridgehead atoms. The third-order valence-corrected chi connectivity index (χ3v) is 4.09. The molecule has 0 aromatic heterocycles. The van der Waals surface area contributed by atoms with Gasteiger partial charge in [-0.1, -0.05) is 11.6 Å². The predicted octanol–water partition coefficient (Wildman–Crippen LogP) is 1.87. The lowest BCUT2D eigenvalue weighted by atomic mass is 10.2. The minimum Gasteiger partial charge on any atom is -0.478 e. The van der Waals surface area contributed by atoms with Crippen molar-refractivity contribution < 1.29 is 22.7 Å². The molecule has 2 N–H and O–H groups in total. The Labute approximate surface area is 120 Å². The highest BCUT2D eigenvalue weighted by Gasteiger charge is 2.21. The molecule has 108 valence electrons. The highest BCUT2D eigenvalue weighted by atomic mass is 35.5. The molecule has 1 rings (SSSR count). The number of carbonyl (C=O) groups is 1. The summed E-state index contributed by atoms with van der Waals surface area (Å²) in [6.07, 6.45) is 0.289. The number of benzene rings is 1. The van der Waals surface area contributed by atoms with Crippen molar-refractivity contribution in [2.75, 3.05) is 6.54 Å². The zero-order valence-corrected chi connectivity index (χ0v) is 12.0. The predicted molar refractivity (Wildman–Crippen MR) is 71.6 cm³/mol. The van der Waals surface area contributed by atoms with E-state index >= 15 is 0 Å². The van der Waals surface area contributed by atoms with Crippen LogP contribution in [0.4, 0.5) is 4.39 Å². The number of halogens is 2. The van der Waals surface area contributed by atoms with E-state index in [4.69, 9.17) is 16.7 Å². The van der Waals surface area contributed by atoms with Gasteiger partial charge in [-0.25, -0.2) is 22.3 Å². The second-order valence-corrected chi connectivity index (χ2v) is 5.79. The van der Waals surface area contributed by atoms with Crippen molar-refractivity contribution in [2.24, 2.45) is 0 Å². The standard InChI is InChI=1S/C12H11ClFNO4S/c1-2-3-4-5-15-20(18,19)8-6-9(12(16)17)11(13)10(14)7-8/h6-7,15H,4-5H2,1H3,(H,16,17). The number of sulfonamides is 1. The molecular weight excluding hydrogens is 309 g/mol. The van der Waals surface area contributed by atoms with Crippen LogP contribution in [0.5, 0.6) is 0 Å². The monoisotopic (exact) mass is 319 g/mol. The lowest BCUT2D eigenvalue weighted by molar-refractivity contribution is 0.0696. The fourth-order valence-electron chi connectivity index (χ4n) is 1.33. The first-order valence-corrected chi connectivity index (χ1v) is 7.27. The Morgan fingerprint density at radius 3 is 2.70 bits per heavy atom. The third-order valence-electron chi connectivity index (χ3n) is 2.26. The Kier molecular flexibility index (Phi) is 5.51. The summed E-state index contributed by atoms with van der Waals surface area (Å²) < 4.78 is 39.4. The van der Waals surface area contributed by atoms with E-state index in [1.54, 1.807) is 6.92 Å². The van der Waals surface area contributed by atoms with Crippen molar-refractivity contribution >= 4 is 27.6 Å². The first-order chi connectivity index (χ1) is 9.29. The fourth-order valence-corrected chi connectivity index (χ4v) is 2.59. The highest BCUT2D eigenvalue weighted by Crippen LogP contribution is 2.24. The normalized spacial score (nSPS) is 10.8. The van der Waals surface area contributed by atoms with Crippen LogP contribution in [0.1, 0.15) is 23.7 Å². The van der Waals surface area contributed by atoms with Crippen LogP contribution in [0.2, 0.25) is 5.02 Å². The number of rotatable bonds is 5. The Hall–Kier alpha value is -1.62. The summed E-state index contributed by atoms with van der Waals surface area (Å²) in [7, 11) is -4.02. The van der Waals surface area contributed by atoms with Crippen LogP contribution < -0.4 is 4.72 Å². The van der Waals surface area contributed by atoms with Crippen molar-refractivity contribution in [3.05, 3.63) is 28.5 Å². The van der Waals surface area contributed by atoms with Gasteiger partial charge in [-0.2, -0.15) is 0 Å². The largest absolute Gasteiger partial charge is 0.478 e. The molecule has 0 saturated carbocycles. The molecule has 0 atom stereocenters. The van der Waals surface area contributed by atoms with E-state index in [0.29, 0.717) is 6.07 Å². The van der Waals surface area contributed by atoms with Crippen molar-refractivity contribution in [3.8, 4) is 11.8 Å². The van der Waals surface area contributed by atoms with Gasteiger partial charge < -0.3 is 5.11 Å². The summed E-state index contributed by atoms with van der Waals surface area (Å²) >= 11 is 5.47. The Bertz CT molecular complexity index is 691. The third kappa shape index (κ3) is 3.93. The highest BCUT2D eigenvalue weighted by molar-refractivity contribution is 7.89. The second kappa shape index (κ2) is 6.70. The number of hydrogen-bond donors (Lipinski definition) is 2. The van der Waals surface area contributed by atoms with E-state index in [1.807, 2.05) is 0 Å². The average molecular weight is 320 g/mol. The van der Waals surface area contributed by atoms with Crippen molar-refractivity contribution in [2.45, 2.75) is 18.2 Å². The number of carboxylic acids is 1. The van der Waals surface area contributed by atoms with Gasteiger partial charge in [0.15, 0.2) is 0 Å². The molecule has 0 aliphatic carbocycles. The molecule has 8 heteroatoms. The smallest absolute Gasteiger partial charge is 0.337 e. The molecule has 0 aliphatic heterocycles. The molecule has 5 nitrogen and oxygen atoms in total. The molecule has 0 radical (unpaired) electrons. The van der Waals surface area contributed by atoms with E-state index < -0.39 is 37.3 Å². The van der Waals surface area contributed by atoms with Crippen LogP contribution in [0.15, 0.2) is 17.0 Å². The van der Waals surface area contributed by atoms with E-state index in [-0.39, 0.29) is 13.0 Å². The molecular formula is C12H11ClFNO4S. The van der Waals surface area contributed by atoms with Gasteiger partial charge in [0.2, 0.25) is 10.0 Å². The summed E-state index contributed by atoms with van der Waals surface area (Å²) in [6, 6.07) is 1.48. The minimum absolute atomic E-state index is 0.0375. The molecule has 0 fully saturated rings. The quantitative estimate of drug-likeness (QED) is 0.641. The Morgan fingerprint density at radius 1 is 1.50 bits per heavy atom. The first-order valence-electron chi connectivity index (χ1n) is 5.41. The van der Waals surface area contributed by atoms with Crippen molar-refractivity contribution in [1.82, 2.24) is 4.72 Å². The van der Waals surface area contributed by atoms with Crippen molar-refractivity contribution in [1.29, 1.82) is 0 Å². The summed E-state index contributed by atoms with van der Waals surface area (Å²) in [4.78, 5) is 10.4. The summed E-state index contributed by atoms with van der Waals surface area (Å²) in [5, 5.41) is 8.21. The fraction of sp³-hybridized carbons (Fsp3) is 0.250. The molecule has 0 saturated heterocycles. The van der Waals surface area contributed by atoms with E-state index in [1.165, 1.54) is 0 Å². The summed E-state index contributed by atoms with van der Waals surface area (Å²) in [6.45, 7) is 1.65. The van der Waals surface area contributed by atoms with Crippen LogP contribution in [-0.4, -0.2) is 26.0 Å². The first kappa shape index (κ1) is 16.4. The van der Waals surface area contributed by atoms with Crippen LogP contribution in [0, 0.1) is 17.7 Å². The van der Waals surface area contributed by atoms with E-state index in [9.17, 15) is 17.6 Å². The maximum atomic E-state index is 13.5. The molecule has 0 spiro atoms. The van der Waals surface area contributed by atoms with E-state index in [0.717, 1.165) is 6.07 Å². The summed E-state index contributed by atoms with van der Waals surface area (Å²) in [5.74, 6) is 2.63. The van der Waals surface area contributed by atoms with Gasteiger partial charge in [0.1, 0.15) is 5.82 Å². The molecule has 0 aliphatic rings. The van der Waals surface area contributed by atoms with Gasteiger partial charge in [0.05, 0.1) is 15.5 Å². The topological polar surface area (TPSA) is 83.5 Å². The molecule has 0 unspecified atom stereocenters. The Balaban J connectivity index is 3.11. The van der Waals surface area contributed by atoms with E-state index in [2.05, 4.69) is 16.6 Å². The van der Waals surface area contributed by atoms with Gasteiger partial charge in [0.25, 0.3) is 0 Å². The van der Waals surface area contributed by atoms with Crippen LogP contribution in [0.25, 0.3) is 0 Å². The SMILES string of the molecule is CC#CCCNS(=O)(=O)c1cc(F)c(Cl)c(C(=O)O)c1. The Morgan fingerprint density at radius 2 is 2.15 bits per heavy atom. The molecule has 0 amide bonds. The van der Waals surface area contributed by atoms with Gasteiger partial charge in [-0.15, -0.1) is 11.8 Å². The molecule has 0 heterocycles. The van der Waals surface area contributed by atoms with Crippen molar-refractivity contribution in [3.63, 3.8) is 0 Å². The average Bonchev–Trinajstić information content (AvgIpc) is 2.37. The van der Waals surface area contributed by atoms with Crippen LogP contribution in [0.3, 0.4) is 0 Å². The number of nitrogens with one attached hydrogen (secondary N) is 1.